The highest BCUT2D eigenvalue weighted by molar-refractivity contribution is 7.15. The average Bonchev–Trinajstić information content (AvgIpc) is 2.65. The number of rotatable bonds is 3. The highest BCUT2D eigenvalue weighted by atomic mass is 32.1. The van der Waals surface area contributed by atoms with Gasteiger partial charge in [0.2, 0.25) is 11.0 Å². The molecule has 0 atom stereocenters. The summed E-state index contributed by atoms with van der Waals surface area (Å²) in [6, 6.07) is 0. The standard InChI is InChI=1S/C7H12N6OS/c8-10-7-12-11-6(15-7)4-13-2-1-9-5(14)3-13/h1-4,8H2,(H,9,14)(H,10,12). The van der Waals surface area contributed by atoms with Gasteiger partial charge >= 0.3 is 0 Å². The molecule has 4 N–H and O–H groups in total. The van der Waals surface area contributed by atoms with Crippen molar-refractivity contribution in [1.29, 1.82) is 0 Å². The van der Waals surface area contributed by atoms with E-state index in [-0.39, 0.29) is 5.91 Å². The number of nitrogens with zero attached hydrogens (tertiary/aromatic N) is 3. The second-order valence-electron chi connectivity index (χ2n) is 3.21. The largest absolute Gasteiger partial charge is 0.354 e. The van der Waals surface area contributed by atoms with Crippen LogP contribution in [0.2, 0.25) is 0 Å². The maximum absolute atomic E-state index is 11.1. The first kappa shape index (κ1) is 10.3. The van der Waals surface area contributed by atoms with Crippen molar-refractivity contribution >= 4 is 22.4 Å². The molecule has 0 unspecified atom stereocenters. The number of hydrogen-bond donors (Lipinski definition) is 3. The molecule has 1 amide bonds. The fraction of sp³-hybridized carbons (Fsp3) is 0.571. The van der Waals surface area contributed by atoms with Crippen LogP contribution in [0.1, 0.15) is 5.01 Å². The van der Waals surface area contributed by atoms with E-state index in [4.69, 9.17) is 5.84 Å². The van der Waals surface area contributed by atoms with E-state index in [9.17, 15) is 4.79 Å². The van der Waals surface area contributed by atoms with Crippen molar-refractivity contribution in [2.24, 2.45) is 5.84 Å². The molecule has 15 heavy (non-hydrogen) atoms. The molecule has 2 heterocycles. The molecule has 0 aromatic carbocycles. The first-order valence-electron chi connectivity index (χ1n) is 4.56. The van der Waals surface area contributed by atoms with Gasteiger partial charge in [-0.2, -0.15) is 0 Å². The number of carbonyl (C=O) groups excluding carboxylic acids is 1. The molecule has 1 aromatic rings. The molecule has 82 valence electrons. The third kappa shape index (κ3) is 2.61. The maximum atomic E-state index is 11.1. The number of carbonyl (C=O) groups is 1. The minimum Gasteiger partial charge on any atom is -0.354 e. The summed E-state index contributed by atoms with van der Waals surface area (Å²) in [7, 11) is 0. The fourth-order valence-electron chi connectivity index (χ4n) is 1.39. The number of nitrogens with two attached hydrogens (primary N) is 1. The molecule has 0 spiro atoms. The minimum absolute atomic E-state index is 0.0583. The van der Waals surface area contributed by atoms with E-state index < -0.39 is 0 Å². The molecular formula is C7H12N6OS. The normalized spacial score (nSPS) is 17.5. The summed E-state index contributed by atoms with van der Waals surface area (Å²) < 4.78 is 0. The van der Waals surface area contributed by atoms with Crippen molar-refractivity contribution in [2.45, 2.75) is 6.54 Å². The third-order valence-electron chi connectivity index (χ3n) is 2.07. The molecular weight excluding hydrogens is 216 g/mol. The molecule has 0 bridgehead atoms. The molecule has 7 nitrogen and oxygen atoms in total. The summed E-state index contributed by atoms with van der Waals surface area (Å²) >= 11 is 1.40. The number of hydrogen-bond acceptors (Lipinski definition) is 7. The molecule has 0 radical (unpaired) electrons. The monoisotopic (exact) mass is 228 g/mol. The second kappa shape index (κ2) is 4.51. The molecule has 0 saturated carbocycles. The number of hydrazine groups is 1. The van der Waals surface area contributed by atoms with E-state index in [1.54, 1.807) is 0 Å². The van der Waals surface area contributed by atoms with Crippen molar-refractivity contribution < 1.29 is 4.79 Å². The lowest BCUT2D eigenvalue weighted by molar-refractivity contribution is -0.124. The van der Waals surface area contributed by atoms with E-state index in [0.29, 0.717) is 24.8 Å². The van der Waals surface area contributed by atoms with E-state index >= 15 is 0 Å². The van der Waals surface area contributed by atoms with Crippen LogP contribution >= 0.6 is 11.3 Å². The van der Waals surface area contributed by atoms with Gasteiger partial charge in [-0.1, -0.05) is 11.3 Å². The van der Waals surface area contributed by atoms with E-state index in [1.807, 2.05) is 4.90 Å². The van der Waals surface area contributed by atoms with Crippen molar-refractivity contribution in [3.05, 3.63) is 5.01 Å². The van der Waals surface area contributed by atoms with E-state index in [0.717, 1.165) is 11.6 Å². The van der Waals surface area contributed by atoms with Gasteiger partial charge in [-0.05, 0) is 0 Å². The van der Waals surface area contributed by atoms with Crippen LogP contribution in [0.25, 0.3) is 0 Å². The Morgan fingerprint density at radius 3 is 3.13 bits per heavy atom. The Hall–Kier alpha value is -1.25. The Balaban J connectivity index is 1.93. The Morgan fingerprint density at radius 1 is 1.60 bits per heavy atom. The van der Waals surface area contributed by atoms with Crippen LogP contribution in [0.4, 0.5) is 5.13 Å². The van der Waals surface area contributed by atoms with Gasteiger partial charge in [0, 0.05) is 13.1 Å². The number of piperazine rings is 1. The fourth-order valence-corrected chi connectivity index (χ4v) is 2.09. The van der Waals surface area contributed by atoms with Gasteiger partial charge in [-0.25, -0.2) is 5.84 Å². The van der Waals surface area contributed by atoms with Crippen molar-refractivity contribution in [3.63, 3.8) is 0 Å². The summed E-state index contributed by atoms with van der Waals surface area (Å²) in [5, 5.41) is 12.0. The van der Waals surface area contributed by atoms with Gasteiger partial charge in [0.05, 0.1) is 13.1 Å². The van der Waals surface area contributed by atoms with Crippen LogP contribution < -0.4 is 16.6 Å². The molecule has 0 aliphatic carbocycles. The zero-order valence-corrected chi connectivity index (χ0v) is 8.88. The molecule has 8 heteroatoms. The summed E-state index contributed by atoms with van der Waals surface area (Å²) in [6.45, 7) is 2.61. The van der Waals surface area contributed by atoms with Gasteiger partial charge < -0.3 is 5.32 Å². The second-order valence-corrected chi connectivity index (χ2v) is 4.27. The Bertz CT molecular complexity index is 353. The molecule has 2 rings (SSSR count). The predicted molar refractivity (Wildman–Crippen MR) is 56.0 cm³/mol. The van der Waals surface area contributed by atoms with Crippen LogP contribution in [-0.2, 0) is 11.3 Å². The first-order chi connectivity index (χ1) is 7.28. The van der Waals surface area contributed by atoms with Crippen LogP contribution in [0.3, 0.4) is 0 Å². The average molecular weight is 228 g/mol. The van der Waals surface area contributed by atoms with Gasteiger partial charge in [0.15, 0.2) is 0 Å². The number of nitrogens with one attached hydrogen (secondary N) is 2. The van der Waals surface area contributed by atoms with Crippen molar-refractivity contribution in [2.75, 3.05) is 25.1 Å². The van der Waals surface area contributed by atoms with Crippen LogP contribution in [0.5, 0.6) is 0 Å². The topological polar surface area (TPSA) is 96.2 Å². The van der Waals surface area contributed by atoms with E-state index in [1.165, 1.54) is 11.3 Å². The Kier molecular flexibility index (Phi) is 3.09. The molecule has 1 aliphatic heterocycles. The number of nitrogen functional groups attached to an aromatic ring is 1. The molecule has 1 saturated heterocycles. The molecule has 1 aliphatic rings. The molecule has 1 aromatic heterocycles. The van der Waals surface area contributed by atoms with Crippen LogP contribution in [0, 0.1) is 0 Å². The van der Waals surface area contributed by atoms with Crippen LogP contribution in [0.15, 0.2) is 0 Å². The maximum Gasteiger partial charge on any atom is 0.234 e. The lowest BCUT2D eigenvalue weighted by atomic mass is 10.3. The minimum atomic E-state index is 0.0583. The van der Waals surface area contributed by atoms with Gasteiger partial charge in [-0.15, -0.1) is 10.2 Å². The van der Waals surface area contributed by atoms with Gasteiger partial charge in [0.1, 0.15) is 5.01 Å². The Morgan fingerprint density at radius 2 is 2.47 bits per heavy atom. The number of amides is 1. The smallest absolute Gasteiger partial charge is 0.234 e. The summed E-state index contributed by atoms with van der Waals surface area (Å²) in [5.74, 6) is 5.26. The van der Waals surface area contributed by atoms with Crippen molar-refractivity contribution in [1.82, 2.24) is 20.4 Å². The SMILES string of the molecule is NNc1nnc(CN2CCNC(=O)C2)s1. The lowest BCUT2D eigenvalue weighted by Crippen LogP contribution is -2.47. The quantitative estimate of drug-likeness (QED) is 0.442. The molecule has 1 fully saturated rings. The lowest BCUT2D eigenvalue weighted by Gasteiger charge is -2.25. The van der Waals surface area contributed by atoms with Gasteiger partial charge in [-0.3, -0.25) is 15.1 Å². The first-order valence-corrected chi connectivity index (χ1v) is 5.37. The number of anilines is 1. The summed E-state index contributed by atoms with van der Waals surface area (Å²) in [5.41, 5.74) is 2.44. The number of aromatic nitrogens is 2. The van der Waals surface area contributed by atoms with E-state index in [2.05, 4.69) is 20.9 Å². The van der Waals surface area contributed by atoms with Crippen LogP contribution in [-0.4, -0.2) is 40.6 Å². The highest BCUT2D eigenvalue weighted by Crippen LogP contribution is 2.15. The zero-order valence-electron chi connectivity index (χ0n) is 8.06. The van der Waals surface area contributed by atoms with Crippen molar-refractivity contribution in [3.8, 4) is 0 Å². The Labute approximate surface area is 90.6 Å². The van der Waals surface area contributed by atoms with Gasteiger partial charge in [0.25, 0.3) is 0 Å². The zero-order chi connectivity index (χ0) is 10.7. The predicted octanol–water partition coefficient (Wildman–Crippen LogP) is -1.24. The highest BCUT2D eigenvalue weighted by Gasteiger charge is 2.17. The third-order valence-corrected chi connectivity index (χ3v) is 2.91. The summed E-state index contributed by atoms with van der Waals surface area (Å²) in [6.07, 6.45) is 0. The summed E-state index contributed by atoms with van der Waals surface area (Å²) in [4.78, 5) is 13.1.